The van der Waals surface area contributed by atoms with Crippen LogP contribution in [0.15, 0.2) is 59.8 Å². The van der Waals surface area contributed by atoms with Crippen molar-refractivity contribution in [3.8, 4) is 11.4 Å². The quantitative estimate of drug-likeness (QED) is 0.571. The lowest BCUT2D eigenvalue weighted by Gasteiger charge is -2.35. The topological polar surface area (TPSA) is 65.1 Å². The molecule has 2 aromatic carbocycles. The van der Waals surface area contributed by atoms with Crippen LogP contribution < -0.4 is 0 Å². The van der Waals surface area contributed by atoms with Crippen molar-refractivity contribution >= 4 is 17.7 Å². The Hall–Kier alpha value is -2.64. The largest absolute Gasteiger partial charge is 0.339 e. The first-order valence-electron chi connectivity index (χ1n) is 10.9. The van der Waals surface area contributed by atoms with Crippen molar-refractivity contribution in [1.82, 2.24) is 25.0 Å². The van der Waals surface area contributed by atoms with Gasteiger partial charge in [-0.25, -0.2) is 4.98 Å². The van der Waals surface area contributed by atoms with Crippen molar-refractivity contribution in [1.29, 1.82) is 0 Å². The van der Waals surface area contributed by atoms with Crippen LogP contribution >= 0.6 is 11.8 Å². The molecule has 1 atom stereocenters. The lowest BCUT2D eigenvalue weighted by atomic mass is 10.1. The van der Waals surface area contributed by atoms with E-state index in [1.54, 1.807) is 0 Å². The molecule has 162 valence electrons. The summed E-state index contributed by atoms with van der Waals surface area (Å²) in [6, 6.07) is 18.8. The van der Waals surface area contributed by atoms with E-state index in [-0.39, 0.29) is 11.2 Å². The predicted molar refractivity (Wildman–Crippen MR) is 125 cm³/mol. The average molecular weight is 436 g/mol. The second kappa shape index (κ2) is 10.1. The summed E-state index contributed by atoms with van der Waals surface area (Å²) in [5.74, 6) is 0.891. The Kier molecular flexibility index (Phi) is 7.04. The molecule has 6 nitrogen and oxygen atoms in total. The fraction of sp³-hybridized carbons (Fsp3) is 0.375. The van der Waals surface area contributed by atoms with Crippen LogP contribution in [0.25, 0.3) is 11.4 Å². The number of carbonyl (C=O) groups excluding carboxylic acids is 1. The Balaban J connectivity index is 1.28. The molecular formula is C24H29N5OS. The number of piperazine rings is 1. The van der Waals surface area contributed by atoms with E-state index >= 15 is 0 Å². The molecule has 1 saturated heterocycles. The van der Waals surface area contributed by atoms with Crippen LogP contribution in [0.2, 0.25) is 0 Å². The molecule has 1 aliphatic rings. The molecule has 1 aliphatic heterocycles. The monoisotopic (exact) mass is 435 g/mol. The Morgan fingerprint density at radius 1 is 1.03 bits per heavy atom. The number of rotatable bonds is 7. The van der Waals surface area contributed by atoms with Crippen LogP contribution in [0.5, 0.6) is 0 Å². The SMILES string of the molecule is CCc1ccc(-c2nc(SC(C)C(=O)N3CCN(Cc4ccccc4)CC3)n[nH]2)cc1. The molecule has 3 aromatic rings. The number of amides is 1. The van der Waals surface area contributed by atoms with Gasteiger partial charge in [-0.1, -0.05) is 73.3 Å². The van der Waals surface area contributed by atoms with E-state index in [2.05, 4.69) is 75.5 Å². The first kappa shape index (κ1) is 21.6. The number of benzene rings is 2. The summed E-state index contributed by atoms with van der Waals surface area (Å²) in [5.41, 5.74) is 3.61. The zero-order chi connectivity index (χ0) is 21.6. The van der Waals surface area contributed by atoms with Gasteiger partial charge in [-0.15, -0.1) is 5.10 Å². The Morgan fingerprint density at radius 3 is 2.42 bits per heavy atom. The molecule has 1 aromatic heterocycles. The van der Waals surface area contributed by atoms with Crippen LogP contribution in [0.4, 0.5) is 0 Å². The number of thioether (sulfide) groups is 1. The summed E-state index contributed by atoms with van der Waals surface area (Å²) in [6.07, 6.45) is 1.01. The maximum atomic E-state index is 12.9. The van der Waals surface area contributed by atoms with E-state index in [4.69, 9.17) is 0 Å². The maximum Gasteiger partial charge on any atom is 0.235 e. The number of hydrogen-bond acceptors (Lipinski definition) is 5. The summed E-state index contributed by atoms with van der Waals surface area (Å²) >= 11 is 1.41. The van der Waals surface area contributed by atoms with Crippen LogP contribution in [-0.4, -0.2) is 62.3 Å². The van der Waals surface area contributed by atoms with Crippen molar-refractivity contribution in [3.63, 3.8) is 0 Å². The molecule has 7 heteroatoms. The fourth-order valence-electron chi connectivity index (χ4n) is 3.76. The molecule has 2 heterocycles. The summed E-state index contributed by atoms with van der Waals surface area (Å²) in [6.45, 7) is 8.34. The van der Waals surface area contributed by atoms with E-state index in [9.17, 15) is 4.79 Å². The predicted octanol–water partition coefficient (Wildman–Crippen LogP) is 3.86. The standard InChI is InChI=1S/C24H29N5OS/c1-3-19-9-11-21(12-10-19)22-25-24(27-26-22)31-18(2)23(30)29-15-13-28(14-16-29)17-20-7-5-4-6-8-20/h4-12,18H,3,13-17H2,1-2H3,(H,25,26,27). The van der Waals surface area contributed by atoms with Gasteiger partial charge in [-0.2, -0.15) is 0 Å². The van der Waals surface area contributed by atoms with Crippen LogP contribution in [0.3, 0.4) is 0 Å². The highest BCUT2D eigenvalue weighted by molar-refractivity contribution is 8.00. The van der Waals surface area contributed by atoms with Crippen molar-refractivity contribution in [2.75, 3.05) is 26.2 Å². The molecule has 0 bridgehead atoms. The van der Waals surface area contributed by atoms with E-state index in [0.717, 1.165) is 50.5 Å². The van der Waals surface area contributed by atoms with E-state index < -0.39 is 0 Å². The average Bonchev–Trinajstić information content (AvgIpc) is 3.28. The third kappa shape index (κ3) is 5.54. The van der Waals surface area contributed by atoms with E-state index in [1.165, 1.54) is 22.9 Å². The Labute approximate surface area is 188 Å². The van der Waals surface area contributed by atoms with Gasteiger partial charge in [0.2, 0.25) is 11.1 Å². The van der Waals surface area contributed by atoms with Crippen molar-refractivity contribution in [2.24, 2.45) is 0 Å². The number of nitrogens with zero attached hydrogens (tertiary/aromatic N) is 4. The van der Waals surface area contributed by atoms with Gasteiger partial charge in [0.25, 0.3) is 0 Å². The molecule has 1 amide bonds. The molecule has 1 N–H and O–H groups in total. The maximum absolute atomic E-state index is 12.9. The number of H-pyrrole nitrogens is 1. The highest BCUT2D eigenvalue weighted by Gasteiger charge is 2.26. The molecule has 0 spiro atoms. The number of aromatic nitrogens is 3. The van der Waals surface area contributed by atoms with Gasteiger partial charge >= 0.3 is 0 Å². The minimum atomic E-state index is -0.216. The van der Waals surface area contributed by atoms with Crippen LogP contribution in [0.1, 0.15) is 25.0 Å². The molecule has 31 heavy (non-hydrogen) atoms. The molecular weight excluding hydrogens is 406 g/mol. The fourth-order valence-corrected chi connectivity index (χ4v) is 4.57. The number of nitrogens with one attached hydrogen (secondary N) is 1. The van der Waals surface area contributed by atoms with Gasteiger partial charge < -0.3 is 4.90 Å². The van der Waals surface area contributed by atoms with Crippen molar-refractivity contribution in [3.05, 3.63) is 65.7 Å². The number of hydrogen-bond donors (Lipinski definition) is 1. The smallest absolute Gasteiger partial charge is 0.235 e. The summed E-state index contributed by atoms with van der Waals surface area (Å²) < 4.78 is 0. The second-order valence-electron chi connectivity index (χ2n) is 7.86. The molecule has 0 aliphatic carbocycles. The molecule has 0 saturated carbocycles. The van der Waals surface area contributed by atoms with Gasteiger partial charge in [0, 0.05) is 38.3 Å². The number of carbonyl (C=O) groups is 1. The third-order valence-electron chi connectivity index (χ3n) is 5.66. The molecule has 4 rings (SSSR count). The number of aromatic amines is 1. The van der Waals surface area contributed by atoms with Crippen LogP contribution in [-0.2, 0) is 17.8 Å². The van der Waals surface area contributed by atoms with E-state index in [0.29, 0.717) is 5.16 Å². The van der Waals surface area contributed by atoms with Gasteiger partial charge in [-0.05, 0) is 24.5 Å². The lowest BCUT2D eigenvalue weighted by molar-refractivity contribution is -0.132. The number of aryl methyl sites for hydroxylation is 1. The van der Waals surface area contributed by atoms with Gasteiger partial charge in [0.15, 0.2) is 5.82 Å². The molecule has 0 radical (unpaired) electrons. The lowest BCUT2D eigenvalue weighted by Crippen LogP contribution is -2.50. The van der Waals surface area contributed by atoms with Gasteiger partial charge in [0.1, 0.15) is 0 Å². The zero-order valence-electron chi connectivity index (χ0n) is 18.1. The van der Waals surface area contributed by atoms with Crippen molar-refractivity contribution in [2.45, 2.75) is 37.2 Å². The highest BCUT2D eigenvalue weighted by atomic mass is 32.2. The zero-order valence-corrected chi connectivity index (χ0v) is 18.9. The van der Waals surface area contributed by atoms with E-state index in [1.807, 2.05) is 17.9 Å². The molecule has 1 fully saturated rings. The minimum absolute atomic E-state index is 0.156. The normalized spacial score (nSPS) is 15.7. The first-order valence-corrected chi connectivity index (χ1v) is 11.7. The Bertz CT molecular complexity index is 981. The first-order chi connectivity index (χ1) is 15.1. The summed E-state index contributed by atoms with van der Waals surface area (Å²) in [4.78, 5) is 21.9. The minimum Gasteiger partial charge on any atom is -0.339 e. The van der Waals surface area contributed by atoms with Gasteiger partial charge in [0.05, 0.1) is 5.25 Å². The second-order valence-corrected chi connectivity index (χ2v) is 9.17. The third-order valence-corrected chi connectivity index (χ3v) is 6.61. The summed E-state index contributed by atoms with van der Waals surface area (Å²) in [5, 5.41) is 7.70. The molecule has 1 unspecified atom stereocenters. The van der Waals surface area contributed by atoms with Gasteiger partial charge in [-0.3, -0.25) is 14.8 Å². The Morgan fingerprint density at radius 2 is 1.74 bits per heavy atom. The summed E-state index contributed by atoms with van der Waals surface area (Å²) in [7, 11) is 0. The van der Waals surface area contributed by atoms with Crippen molar-refractivity contribution < 1.29 is 4.79 Å². The van der Waals surface area contributed by atoms with Crippen LogP contribution in [0, 0.1) is 0 Å². The highest BCUT2D eigenvalue weighted by Crippen LogP contribution is 2.24.